The van der Waals surface area contributed by atoms with Gasteiger partial charge in [-0.25, -0.2) is 8.42 Å². The molecule has 3 rings (SSSR count). The van der Waals surface area contributed by atoms with Crippen LogP contribution in [0, 0.1) is 13.8 Å². The molecule has 0 radical (unpaired) electrons. The molecule has 4 N–H and O–H groups in total. The van der Waals surface area contributed by atoms with Crippen LogP contribution in [0.5, 0.6) is 0 Å². The third kappa shape index (κ3) is 4.64. The van der Waals surface area contributed by atoms with Crippen LogP contribution in [0.3, 0.4) is 0 Å². The Bertz CT molecular complexity index is 1220. The molecule has 0 aliphatic rings. The monoisotopic (exact) mass is 463 g/mol. The number of nitrogens with one attached hydrogen (secondary N) is 2. The van der Waals surface area contributed by atoms with E-state index in [1.165, 1.54) is 59.9 Å². The van der Waals surface area contributed by atoms with Crippen molar-refractivity contribution in [1.82, 2.24) is 0 Å². The first-order chi connectivity index (χ1) is 14.1. The Morgan fingerprint density at radius 2 is 1.60 bits per heavy atom. The second-order valence-corrected chi connectivity index (χ2v) is 9.79. The van der Waals surface area contributed by atoms with Gasteiger partial charge >= 0.3 is 0 Å². The van der Waals surface area contributed by atoms with Gasteiger partial charge in [0.2, 0.25) is 0 Å². The number of benzene rings is 2. The molecule has 7 nitrogen and oxygen atoms in total. The average molecular weight is 464 g/mol. The summed E-state index contributed by atoms with van der Waals surface area (Å²) in [5.74, 6) is -1.05. The minimum Gasteiger partial charge on any atom is -0.365 e. The molecule has 0 saturated carbocycles. The molecule has 3 aromatic rings. The van der Waals surface area contributed by atoms with Gasteiger partial charge < -0.3 is 11.1 Å². The molecule has 0 fully saturated rings. The summed E-state index contributed by atoms with van der Waals surface area (Å²) < 4.78 is 27.3. The zero-order valence-corrected chi connectivity index (χ0v) is 18.4. The summed E-state index contributed by atoms with van der Waals surface area (Å²) in [7, 11) is -3.79. The third-order valence-corrected chi connectivity index (χ3v) is 7.15. The van der Waals surface area contributed by atoms with Gasteiger partial charge in [0.1, 0.15) is 5.00 Å². The van der Waals surface area contributed by atoms with Crippen molar-refractivity contribution in [2.75, 3.05) is 10.0 Å². The van der Waals surface area contributed by atoms with Crippen molar-refractivity contribution < 1.29 is 18.0 Å². The molecule has 0 atom stereocenters. The Hall–Kier alpha value is -2.88. The zero-order valence-electron chi connectivity index (χ0n) is 16.0. The molecule has 0 aliphatic heterocycles. The van der Waals surface area contributed by atoms with Crippen LogP contribution in [0.4, 0.5) is 10.7 Å². The predicted octanol–water partition coefficient (Wildman–Crippen LogP) is 4.17. The van der Waals surface area contributed by atoms with Gasteiger partial charge in [-0.15, -0.1) is 11.3 Å². The Labute approximate surface area is 182 Å². The van der Waals surface area contributed by atoms with E-state index in [2.05, 4.69) is 10.0 Å². The summed E-state index contributed by atoms with van der Waals surface area (Å²) in [6.07, 6.45) is 0. The summed E-state index contributed by atoms with van der Waals surface area (Å²) in [6, 6.07) is 11.7. The van der Waals surface area contributed by atoms with E-state index < -0.39 is 21.8 Å². The second-order valence-electron chi connectivity index (χ2n) is 6.44. The van der Waals surface area contributed by atoms with E-state index in [-0.39, 0.29) is 10.5 Å². The van der Waals surface area contributed by atoms with E-state index in [9.17, 15) is 18.0 Å². The molecule has 0 bridgehead atoms. The Kier molecular flexibility index (Phi) is 6.16. The minimum atomic E-state index is -3.79. The van der Waals surface area contributed by atoms with Crippen LogP contribution < -0.4 is 15.8 Å². The highest BCUT2D eigenvalue weighted by atomic mass is 35.5. The minimum absolute atomic E-state index is 0.0659. The van der Waals surface area contributed by atoms with Crippen LogP contribution in [0.25, 0.3) is 0 Å². The van der Waals surface area contributed by atoms with E-state index in [1.54, 1.807) is 6.92 Å². The zero-order chi connectivity index (χ0) is 22.1. The lowest BCUT2D eigenvalue weighted by Gasteiger charge is -2.09. The van der Waals surface area contributed by atoms with Crippen molar-refractivity contribution >= 4 is 55.5 Å². The lowest BCUT2D eigenvalue weighted by atomic mass is 10.1. The molecule has 0 saturated heterocycles. The van der Waals surface area contributed by atoms with Crippen LogP contribution in [-0.2, 0) is 10.0 Å². The van der Waals surface area contributed by atoms with E-state index in [4.69, 9.17) is 17.3 Å². The molecule has 10 heteroatoms. The van der Waals surface area contributed by atoms with Crippen molar-refractivity contribution in [1.29, 1.82) is 0 Å². The Balaban J connectivity index is 1.76. The highest BCUT2D eigenvalue weighted by molar-refractivity contribution is 7.92. The van der Waals surface area contributed by atoms with E-state index in [0.29, 0.717) is 21.3 Å². The molecule has 0 unspecified atom stereocenters. The number of hydrogen-bond acceptors (Lipinski definition) is 5. The average Bonchev–Trinajstić information content (AvgIpc) is 2.95. The van der Waals surface area contributed by atoms with Crippen LogP contribution >= 0.6 is 22.9 Å². The Morgan fingerprint density at radius 1 is 1.00 bits per heavy atom. The van der Waals surface area contributed by atoms with Crippen molar-refractivity contribution in [2.24, 2.45) is 5.73 Å². The Morgan fingerprint density at radius 3 is 2.17 bits per heavy atom. The first-order valence-electron chi connectivity index (χ1n) is 8.68. The number of primary amides is 1. The number of nitrogens with two attached hydrogens (primary N) is 1. The van der Waals surface area contributed by atoms with Gasteiger partial charge in [0.15, 0.2) is 0 Å². The molecule has 30 heavy (non-hydrogen) atoms. The molecule has 156 valence electrons. The molecule has 0 aliphatic carbocycles. The van der Waals surface area contributed by atoms with Crippen molar-refractivity contribution in [2.45, 2.75) is 18.7 Å². The van der Waals surface area contributed by atoms with Gasteiger partial charge in [0.25, 0.3) is 21.8 Å². The number of hydrogen-bond donors (Lipinski definition) is 3. The lowest BCUT2D eigenvalue weighted by Crippen LogP contribution is -2.17. The number of amides is 2. The van der Waals surface area contributed by atoms with E-state index in [1.807, 2.05) is 6.92 Å². The molecule has 2 aromatic carbocycles. The van der Waals surface area contributed by atoms with Crippen molar-refractivity contribution in [3.8, 4) is 0 Å². The number of sulfonamides is 1. The SMILES string of the molecule is Cc1sc(NC(=O)c2ccc(NS(=O)(=O)c3ccc(Cl)cc3)cc2)c(C(N)=O)c1C. The van der Waals surface area contributed by atoms with E-state index >= 15 is 0 Å². The first-order valence-corrected chi connectivity index (χ1v) is 11.4. The molecular formula is C20H18ClN3O4S2. The van der Waals surface area contributed by atoms with Crippen molar-refractivity contribution in [3.63, 3.8) is 0 Å². The third-order valence-electron chi connectivity index (χ3n) is 4.38. The standard InChI is InChI=1S/C20H18ClN3O4S2/c1-11-12(2)29-20(17(11)18(22)25)23-19(26)13-3-7-15(8-4-13)24-30(27,28)16-9-5-14(21)6-10-16/h3-10,24H,1-2H3,(H2,22,25)(H,23,26). The molecule has 2 amide bonds. The maximum atomic E-state index is 12.6. The number of thiophene rings is 1. The largest absolute Gasteiger partial charge is 0.365 e. The number of rotatable bonds is 6. The van der Waals surface area contributed by atoms with Gasteiger partial charge in [0, 0.05) is 21.2 Å². The number of anilines is 2. The summed E-state index contributed by atoms with van der Waals surface area (Å²) >= 11 is 7.05. The van der Waals surface area contributed by atoms with Crippen LogP contribution in [-0.4, -0.2) is 20.2 Å². The van der Waals surface area contributed by atoms with Gasteiger partial charge in [0.05, 0.1) is 10.5 Å². The fourth-order valence-corrected chi connectivity index (χ4v) is 4.95. The molecular weight excluding hydrogens is 446 g/mol. The van der Waals surface area contributed by atoms with Gasteiger partial charge in [-0.3, -0.25) is 14.3 Å². The summed E-state index contributed by atoms with van der Waals surface area (Å²) in [5, 5.41) is 3.51. The second kappa shape index (κ2) is 8.47. The molecule has 0 spiro atoms. The number of carbonyl (C=O) groups is 2. The van der Waals surface area contributed by atoms with Crippen molar-refractivity contribution in [3.05, 3.63) is 75.1 Å². The number of halogens is 1. The topological polar surface area (TPSA) is 118 Å². The fraction of sp³-hybridized carbons (Fsp3) is 0.100. The number of carbonyl (C=O) groups excluding carboxylic acids is 2. The summed E-state index contributed by atoms with van der Waals surface area (Å²) in [5.41, 5.74) is 7.03. The van der Waals surface area contributed by atoms with E-state index in [0.717, 1.165) is 10.4 Å². The molecule has 1 aromatic heterocycles. The van der Waals surface area contributed by atoms with Gasteiger partial charge in [-0.1, -0.05) is 11.6 Å². The normalized spacial score (nSPS) is 11.2. The van der Waals surface area contributed by atoms with Gasteiger partial charge in [-0.05, 0) is 67.9 Å². The summed E-state index contributed by atoms with van der Waals surface area (Å²) in [4.78, 5) is 25.2. The van der Waals surface area contributed by atoms with Gasteiger partial charge in [-0.2, -0.15) is 0 Å². The fourth-order valence-electron chi connectivity index (χ4n) is 2.70. The maximum Gasteiger partial charge on any atom is 0.261 e. The highest BCUT2D eigenvalue weighted by Crippen LogP contribution is 2.32. The maximum absolute atomic E-state index is 12.6. The van der Waals surface area contributed by atoms with Crippen LogP contribution in [0.15, 0.2) is 53.4 Å². The van der Waals surface area contributed by atoms with Crippen LogP contribution in [0.1, 0.15) is 31.2 Å². The smallest absolute Gasteiger partial charge is 0.261 e. The highest BCUT2D eigenvalue weighted by Gasteiger charge is 2.20. The quantitative estimate of drug-likeness (QED) is 0.508. The molecule has 1 heterocycles. The predicted molar refractivity (Wildman–Crippen MR) is 119 cm³/mol. The number of aryl methyl sites for hydroxylation is 1. The lowest BCUT2D eigenvalue weighted by molar-refractivity contribution is 0.100. The van der Waals surface area contributed by atoms with Crippen LogP contribution in [0.2, 0.25) is 5.02 Å². The summed E-state index contributed by atoms with van der Waals surface area (Å²) in [6.45, 7) is 3.60. The first kappa shape index (κ1) is 21.8.